The van der Waals surface area contributed by atoms with E-state index in [-0.39, 0.29) is 23.8 Å². The van der Waals surface area contributed by atoms with Gasteiger partial charge in [-0.1, -0.05) is 0 Å². The van der Waals surface area contributed by atoms with E-state index in [1.54, 1.807) is 11.4 Å². The molecular formula is C19H22N4O6S. The van der Waals surface area contributed by atoms with Crippen LogP contribution in [-0.2, 0) is 20.9 Å². The molecule has 11 heteroatoms. The van der Waals surface area contributed by atoms with Gasteiger partial charge < -0.3 is 14.4 Å². The van der Waals surface area contributed by atoms with Gasteiger partial charge in [-0.05, 0) is 13.0 Å². The van der Waals surface area contributed by atoms with Gasteiger partial charge in [-0.3, -0.25) is 19.8 Å². The summed E-state index contributed by atoms with van der Waals surface area (Å²) in [6.45, 7) is 5.86. The van der Waals surface area contributed by atoms with Gasteiger partial charge in [-0.2, -0.15) is 0 Å². The lowest BCUT2D eigenvalue weighted by molar-refractivity contribution is -0.384. The molecule has 0 unspecified atom stereocenters. The first-order valence-electron chi connectivity index (χ1n) is 9.41. The van der Waals surface area contributed by atoms with Gasteiger partial charge in [-0.25, -0.2) is 9.78 Å². The van der Waals surface area contributed by atoms with Gasteiger partial charge in [0.1, 0.15) is 6.61 Å². The molecule has 3 rings (SSSR count). The molecule has 0 aliphatic carbocycles. The lowest BCUT2D eigenvalue weighted by atomic mass is 10.1. The molecule has 1 fully saturated rings. The van der Waals surface area contributed by atoms with Gasteiger partial charge in [0.05, 0.1) is 35.1 Å². The first kappa shape index (κ1) is 21.7. The Morgan fingerprint density at radius 2 is 2.10 bits per heavy atom. The number of non-ortho nitro benzene ring substituents is 1. The highest BCUT2D eigenvalue weighted by atomic mass is 32.1. The number of amides is 1. The molecule has 1 aliphatic rings. The third-order valence-corrected chi connectivity index (χ3v) is 5.49. The number of hydrogen-bond donors (Lipinski definition) is 0. The Labute approximate surface area is 177 Å². The molecule has 30 heavy (non-hydrogen) atoms. The Morgan fingerprint density at radius 1 is 1.37 bits per heavy atom. The van der Waals surface area contributed by atoms with Crippen molar-refractivity contribution < 1.29 is 24.0 Å². The molecule has 1 saturated heterocycles. The Bertz CT molecular complexity index is 941. The molecule has 0 spiro atoms. The van der Waals surface area contributed by atoms with Crippen molar-refractivity contribution >= 4 is 39.7 Å². The van der Waals surface area contributed by atoms with Crippen LogP contribution in [0, 0.1) is 10.1 Å². The number of nitrogens with zero attached hydrogens (tertiary/aromatic N) is 4. The first-order chi connectivity index (χ1) is 14.4. The van der Waals surface area contributed by atoms with Crippen LogP contribution in [0.1, 0.15) is 29.9 Å². The maximum Gasteiger partial charge on any atom is 0.340 e. The van der Waals surface area contributed by atoms with Crippen molar-refractivity contribution in [1.82, 2.24) is 4.98 Å². The van der Waals surface area contributed by atoms with E-state index in [1.807, 2.05) is 11.8 Å². The van der Waals surface area contributed by atoms with Crippen molar-refractivity contribution in [3.63, 3.8) is 0 Å². The van der Waals surface area contributed by atoms with Gasteiger partial charge >= 0.3 is 5.97 Å². The highest BCUT2D eigenvalue weighted by Crippen LogP contribution is 2.28. The summed E-state index contributed by atoms with van der Waals surface area (Å²) in [5.74, 6) is -0.796. The summed E-state index contributed by atoms with van der Waals surface area (Å²) in [5.41, 5.74) is 1.01. The topological polar surface area (TPSA) is 115 Å². The number of carbonyl (C=O) groups is 2. The predicted octanol–water partition coefficient (Wildman–Crippen LogP) is 2.62. The van der Waals surface area contributed by atoms with E-state index >= 15 is 0 Å². The number of anilines is 2. The summed E-state index contributed by atoms with van der Waals surface area (Å²) in [5, 5.41) is 13.4. The number of esters is 1. The van der Waals surface area contributed by atoms with E-state index in [0.717, 1.165) is 0 Å². The number of nitro groups is 1. The maximum absolute atomic E-state index is 12.8. The number of thiazole rings is 1. The number of benzene rings is 1. The van der Waals surface area contributed by atoms with Crippen LogP contribution >= 0.6 is 11.3 Å². The highest BCUT2D eigenvalue weighted by Gasteiger charge is 2.23. The Hall–Kier alpha value is -3.05. The molecule has 10 nitrogen and oxygen atoms in total. The minimum atomic E-state index is -0.673. The summed E-state index contributed by atoms with van der Waals surface area (Å²) in [7, 11) is 0. The molecule has 0 N–H and O–H groups in total. The predicted molar refractivity (Wildman–Crippen MR) is 111 cm³/mol. The third-order valence-electron chi connectivity index (χ3n) is 4.58. The van der Waals surface area contributed by atoms with Gasteiger partial charge in [0.15, 0.2) is 5.13 Å². The zero-order chi connectivity index (χ0) is 21.7. The summed E-state index contributed by atoms with van der Waals surface area (Å²) in [6.07, 6.45) is 0. The van der Waals surface area contributed by atoms with Crippen LogP contribution in [0.4, 0.5) is 16.5 Å². The normalized spacial score (nSPS) is 13.7. The second-order valence-corrected chi connectivity index (χ2v) is 7.36. The molecule has 2 aromatic rings. The molecule has 1 aromatic heterocycles. The fourth-order valence-corrected chi connectivity index (χ4v) is 3.99. The van der Waals surface area contributed by atoms with E-state index in [1.165, 1.54) is 35.3 Å². The van der Waals surface area contributed by atoms with Crippen molar-refractivity contribution in [2.45, 2.75) is 20.5 Å². The average molecular weight is 434 g/mol. The summed E-state index contributed by atoms with van der Waals surface area (Å²) >= 11 is 1.28. The van der Waals surface area contributed by atoms with Crippen LogP contribution in [0.15, 0.2) is 23.6 Å². The van der Waals surface area contributed by atoms with Crippen molar-refractivity contribution in [3.8, 4) is 0 Å². The molecular weight excluding hydrogens is 412 g/mol. The first-order valence-corrected chi connectivity index (χ1v) is 10.3. The number of aromatic nitrogens is 1. The van der Waals surface area contributed by atoms with Crippen molar-refractivity contribution in [3.05, 3.63) is 45.0 Å². The largest absolute Gasteiger partial charge is 0.455 e. The summed E-state index contributed by atoms with van der Waals surface area (Å²) in [4.78, 5) is 42.8. The van der Waals surface area contributed by atoms with Gasteiger partial charge in [0.2, 0.25) is 5.91 Å². The van der Waals surface area contributed by atoms with Crippen LogP contribution in [-0.4, -0.2) is 54.6 Å². The lowest BCUT2D eigenvalue weighted by Gasteiger charge is -2.30. The maximum atomic E-state index is 12.8. The minimum absolute atomic E-state index is 0.101. The third kappa shape index (κ3) is 4.92. The number of morpholine rings is 1. The Balaban J connectivity index is 1.77. The number of carbonyl (C=O) groups excluding carboxylic acids is 2. The monoisotopic (exact) mass is 434 g/mol. The SMILES string of the molecule is CCN(C(C)=O)c1nc(COC(=O)c2cc([N+](=O)[O-])ccc2N2CCOCC2)cs1. The molecule has 1 aliphatic heterocycles. The molecule has 1 amide bonds. The van der Waals surface area contributed by atoms with Crippen LogP contribution in [0.5, 0.6) is 0 Å². The van der Waals surface area contributed by atoms with E-state index in [2.05, 4.69) is 4.98 Å². The molecule has 1 aromatic carbocycles. The van der Waals surface area contributed by atoms with E-state index in [9.17, 15) is 19.7 Å². The summed E-state index contributed by atoms with van der Waals surface area (Å²) < 4.78 is 10.7. The fourth-order valence-electron chi connectivity index (χ4n) is 3.08. The number of ether oxygens (including phenoxy) is 2. The molecule has 0 atom stereocenters. The van der Waals surface area contributed by atoms with Crippen LogP contribution in [0.25, 0.3) is 0 Å². The molecule has 2 heterocycles. The minimum Gasteiger partial charge on any atom is -0.455 e. The number of nitro benzene ring substituents is 1. The fraction of sp³-hybridized carbons (Fsp3) is 0.421. The number of hydrogen-bond acceptors (Lipinski definition) is 9. The standard InChI is InChI=1S/C19H22N4O6S/c1-3-22(13(2)24)19-20-14(12-30-19)11-29-18(25)16-10-15(23(26)27)4-5-17(16)21-6-8-28-9-7-21/h4-5,10,12H,3,6-9,11H2,1-2H3. The molecule has 0 saturated carbocycles. The van der Waals surface area contributed by atoms with Crippen molar-refractivity contribution in [2.75, 3.05) is 42.6 Å². The van der Waals surface area contributed by atoms with Crippen molar-refractivity contribution in [2.24, 2.45) is 0 Å². The lowest BCUT2D eigenvalue weighted by Crippen LogP contribution is -2.37. The number of rotatable bonds is 7. The Morgan fingerprint density at radius 3 is 2.73 bits per heavy atom. The van der Waals surface area contributed by atoms with Crippen molar-refractivity contribution in [1.29, 1.82) is 0 Å². The second kappa shape index (κ2) is 9.63. The van der Waals surface area contributed by atoms with Crippen LogP contribution in [0.3, 0.4) is 0 Å². The Kier molecular flexibility index (Phi) is 6.95. The van der Waals surface area contributed by atoms with Gasteiger partial charge in [0.25, 0.3) is 5.69 Å². The van der Waals surface area contributed by atoms with Crippen LogP contribution in [0.2, 0.25) is 0 Å². The van der Waals surface area contributed by atoms with Gasteiger partial charge in [-0.15, -0.1) is 11.3 Å². The molecule has 0 radical (unpaired) electrons. The highest BCUT2D eigenvalue weighted by molar-refractivity contribution is 7.14. The zero-order valence-corrected chi connectivity index (χ0v) is 17.5. The average Bonchev–Trinajstić information content (AvgIpc) is 3.21. The quantitative estimate of drug-likeness (QED) is 0.371. The smallest absolute Gasteiger partial charge is 0.340 e. The molecule has 0 bridgehead atoms. The van der Waals surface area contributed by atoms with Crippen LogP contribution < -0.4 is 9.80 Å². The van der Waals surface area contributed by atoms with Gasteiger partial charge in [0, 0.05) is 44.1 Å². The van der Waals surface area contributed by atoms with E-state index in [0.29, 0.717) is 49.4 Å². The van der Waals surface area contributed by atoms with E-state index < -0.39 is 10.9 Å². The zero-order valence-electron chi connectivity index (χ0n) is 16.7. The molecule has 160 valence electrons. The summed E-state index contributed by atoms with van der Waals surface area (Å²) in [6, 6.07) is 4.16. The second-order valence-electron chi connectivity index (χ2n) is 6.52. The van der Waals surface area contributed by atoms with E-state index in [4.69, 9.17) is 9.47 Å².